The van der Waals surface area contributed by atoms with Crippen LogP contribution >= 0.6 is 11.6 Å². The molecule has 4 nitrogen and oxygen atoms in total. The molecule has 1 heterocycles. The number of nitrogens with zero attached hydrogens (tertiary/aromatic N) is 1. The fourth-order valence-electron chi connectivity index (χ4n) is 2.68. The van der Waals surface area contributed by atoms with Crippen LogP contribution in [0.3, 0.4) is 0 Å². The summed E-state index contributed by atoms with van der Waals surface area (Å²) in [5, 5.41) is 2.95. The predicted octanol–water partition coefficient (Wildman–Crippen LogP) is 4.17. The van der Waals surface area contributed by atoms with Crippen molar-refractivity contribution in [3.8, 4) is 0 Å². The number of carbonyl (C=O) groups is 2. The normalized spacial score (nSPS) is 14.1. The third-order valence-electron chi connectivity index (χ3n) is 3.95. The van der Waals surface area contributed by atoms with Gasteiger partial charge in [-0.05, 0) is 49.2 Å². The Morgan fingerprint density at radius 2 is 2.04 bits per heavy atom. The van der Waals surface area contributed by atoms with Gasteiger partial charge in [-0.3, -0.25) is 9.59 Å². The molecular formula is C18H16ClFN2O2. The summed E-state index contributed by atoms with van der Waals surface area (Å²) in [6.45, 7) is 2.35. The van der Waals surface area contributed by atoms with Crippen molar-refractivity contribution < 1.29 is 14.0 Å². The van der Waals surface area contributed by atoms with Gasteiger partial charge in [-0.25, -0.2) is 4.39 Å². The maximum Gasteiger partial charge on any atom is 0.255 e. The van der Waals surface area contributed by atoms with E-state index in [0.29, 0.717) is 29.2 Å². The number of carbonyl (C=O) groups excluding carboxylic acids is 2. The Kier molecular flexibility index (Phi) is 4.53. The smallest absolute Gasteiger partial charge is 0.255 e. The molecule has 0 saturated carbocycles. The summed E-state index contributed by atoms with van der Waals surface area (Å²) in [7, 11) is 0. The van der Waals surface area contributed by atoms with Crippen LogP contribution < -0.4 is 10.2 Å². The van der Waals surface area contributed by atoms with Crippen molar-refractivity contribution in [1.82, 2.24) is 0 Å². The lowest BCUT2D eigenvalue weighted by atomic mass is 10.1. The van der Waals surface area contributed by atoms with E-state index in [2.05, 4.69) is 5.32 Å². The van der Waals surface area contributed by atoms with Crippen LogP contribution in [0.25, 0.3) is 0 Å². The van der Waals surface area contributed by atoms with Gasteiger partial charge < -0.3 is 10.2 Å². The van der Waals surface area contributed by atoms with Crippen molar-refractivity contribution in [1.29, 1.82) is 0 Å². The van der Waals surface area contributed by atoms with Crippen molar-refractivity contribution in [2.75, 3.05) is 16.8 Å². The summed E-state index contributed by atoms with van der Waals surface area (Å²) >= 11 is 6.16. The molecule has 0 atom stereocenters. The maximum atomic E-state index is 13.9. The number of amides is 2. The molecule has 0 spiro atoms. The topological polar surface area (TPSA) is 49.4 Å². The summed E-state index contributed by atoms with van der Waals surface area (Å²) in [5.41, 5.74) is 1.71. The van der Waals surface area contributed by atoms with Gasteiger partial charge in [-0.15, -0.1) is 0 Å². The van der Waals surface area contributed by atoms with Crippen LogP contribution in [-0.2, 0) is 4.79 Å². The second kappa shape index (κ2) is 6.61. The van der Waals surface area contributed by atoms with Gasteiger partial charge in [0.2, 0.25) is 5.91 Å². The molecule has 2 aromatic rings. The average molecular weight is 347 g/mol. The van der Waals surface area contributed by atoms with Crippen LogP contribution in [-0.4, -0.2) is 18.4 Å². The van der Waals surface area contributed by atoms with E-state index in [-0.39, 0.29) is 11.6 Å². The highest BCUT2D eigenvalue weighted by Crippen LogP contribution is 2.30. The number of anilines is 2. The predicted molar refractivity (Wildman–Crippen MR) is 92.1 cm³/mol. The van der Waals surface area contributed by atoms with Crippen LogP contribution in [0.15, 0.2) is 36.4 Å². The second-order valence-corrected chi connectivity index (χ2v) is 6.16. The van der Waals surface area contributed by atoms with Crippen LogP contribution in [0, 0.1) is 12.7 Å². The number of rotatable bonds is 3. The third-order valence-corrected chi connectivity index (χ3v) is 4.26. The zero-order chi connectivity index (χ0) is 17.3. The van der Waals surface area contributed by atoms with Gasteiger partial charge in [0.1, 0.15) is 5.82 Å². The molecule has 1 N–H and O–H groups in total. The molecule has 0 bridgehead atoms. The van der Waals surface area contributed by atoms with Crippen molar-refractivity contribution in [2.45, 2.75) is 19.8 Å². The fraction of sp³-hybridized carbons (Fsp3) is 0.222. The Balaban J connectivity index is 1.86. The lowest BCUT2D eigenvalue weighted by Gasteiger charge is -2.18. The molecule has 0 aliphatic carbocycles. The molecule has 0 radical (unpaired) electrons. The van der Waals surface area contributed by atoms with Gasteiger partial charge >= 0.3 is 0 Å². The highest BCUT2D eigenvalue weighted by Gasteiger charge is 2.24. The maximum absolute atomic E-state index is 13.9. The minimum atomic E-state index is -0.493. The third kappa shape index (κ3) is 3.26. The van der Waals surface area contributed by atoms with Crippen LogP contribution in [0.4, 0.5) is 15.8 Å². The molecule has 1 aliphatic heterocycles. The molecule has 24 heavy (non-hydrogen) atoms. The molecule has 1 saturated heterocycles. The Labute approximate surface area is 144 Å². The van der Waals surface area contributed by atoms with Gasteiger partial charge in [0.05, 0.1) is 16.4 Å². The summed E-state index contributed by atoms with van der Waals surface area (Å²) in [6, 6.07) is 9.27. The Morgan fingerprint density at radius 1 is 1.25 bits per heavy atom. The Morgan fingerprint density at radius 3 is 2.71 bits per heavy atom. The highest BCUT2D eigenvalue weighted by molar-refractivity contribution is 6.34. The molecule has 2 amide bonds. The lowest BCUT2D eigenvalue weighted by molar-refractivity contribution is -0.117. The van der Waals surface area contributed by atoms with Crippen molar-refractivity contribution in [3.05, 3.63) is 58.4 Å². The van der Waals surface area contributed by atoms with Gasteiger partial charge in [-0.1, -0.05) is 17.7 Å². The van der Waals surface area contributed by atoms with E-state index >= 15 is 0 Å². The minimum Gasteiger partial charge on any atom is -0.319 e. The van der Waals surface area contributed by atoms with Crippen molar-refractivity contribution in [3.63, 3.8) is 0 Å². The molecule has 0 unspecified atom stereocenters. The first-order valence-corrected chi connectivity index (χ1v) is 8.01. The van der Waals surface area contributed by atoms with Gasteiger partial charge in [0.15, 0.2) is 0 Å². The Hall–Kier alpha value is -2.40. The van der Waals surface area contributed by atoms with E-state index in [0.717, 1.165) is 12.0 Å². The Bertz CT molecular complexity index is 823. The first-order chi connectivity index (χ1) is 11.5. The molecule has 2 aromatic carbocycles. The second-order valence-electron chi connectivity index (χ2n) is 5.75. The summed E-state index contributed by atoms with van der Waals surface area (Å²) < 4.78 is 13.9. The first-order valence-electron chi connectivity index (χ1n) is 7.63. The largest absolute Gasteiger partial charge is 0.319 e. The van der Waals surface area contributed by atoms with E-state index in [4.69, 9.17) is 11.6 Å². The number of nitrogens with one attached hydrogen (secondary N) is 1. The molecule has 0 aromatic heterocycles. The zero-order valence-electron chi connectivity index (χ0n) is 13.1. The highest BCUT2D eigenvalue weighted by atomic mass is 35.5. The number of hydrogen-bond donors (Lipinski definition) is 1. The number of benzene rings is 2. The fourth-order valence-corrected chi connectivity index (χ4v) is 2.90. The monoisotopic (exact) mass is 346 g/mol. The van der Waals surface area contributed by atoms with Crippen molar-refractivity contribution in [2.24, 2.45) is 0 Å². The molecule has 1 fully saturated rings. The zero-order valence-corrected chi connectivity index (χ0v) is 13.9. The van der Waals surface area contributed by atoms with E-state index in [1.54, 1.807) is 36.1 Å². The van der Waals surface area contributed by atoms with Crippen molar-refractivity contribution >= 4 is 34.8 Å². The average Bonchev–Trinajstić information content (AvgIpc) is 2.96. The molecule has 3 rings (SSSR count). The van der Waals surface area contributed by atoms with E-state index in [1.165, 1.54) is 12.1 Å². The summed E-state index contributed by atoms with van der Waals surface area (Å²) in [4.78, 5) is 25.9. The molecule has 124 valence electrons. The number of hydrogen-bond acceptors (Lipinski definition) is 2. The standard InChI is InChI=1S/C18H16ClFN2O2/c1-11-4-7-15(14(20)9-11)21-18(24)12-5-6-13(19)16(10-12)22-8-2-3-17(22)23/h4-7,9-10H,2-3,8H2,1H3,(H,21,24). The van der Waals surface area contributed by atoms with Crippen LogP contribution in [0.5, 0.6) is 0 Å². The van der Waals surface area contributed by atoms with E-state index in [1.807, 2.05) is 0 Å². The first kappa shape index (κ1) is 16.5. The summed E-state index contributed by atoms with van der Waals surface area (Å²) in [5.74, 6) is -0.964. The van der Waals surface area contributed by atoms with E-state index < -0.39 is 11.7 Å². The SMILES string of the molecule is Cc1ccc(NC(=O)c2ccc(Cl)c(N3CCCC3=O)c2)c(F)c1. The minimum absolute atomic E-state index is 0.0148. The van der Waals surface area contributed by atoms with Gasteiger partial charge in [0.25, 0.3) is 5.91 Å². The quantitative estimate of drug-likeness (QED) is 0.907. The molecule has 6 heteroatoms. The number of aryl methyl sites for hydroxylation is 1. The molecule has 1 aliphatic rings. The van der Waals surface area contributed by atoms with Crippen LogP contribution in [0.1, 0.15) is 28.8 Å². The molecular weight excluding hydrogens is 331 g/mol. The number of halogens is 2. The van der Waals surface area contributed by atoms with Gasteiger partial charge in [-0.2, -0.15) is 0 Å². The van der Waals surface area contributed by atoms with Crippen LogP contribution in [0.2, 0.25) is 5.02 Å². The van der Waals surface area contributed by atoms with E-state index in [9.17, 15) is 14.0 Å². The van der Waals surface area contributed by atoms with Gasteiger partial charge in [0, 0.05) is 18.5 Å². The lowest BCUT2D eigenvalue weighted by Crippen LogP contribution is -2.24. The summed E-state index contributed by atoms with van der Waals surface area (Å²) in [6.07, 6.45) is 1.24.